The van der Waals surface area contributed by atoms with Crippen LogP contribution in [0, 0.1) is 0 Å². The lowest BCUT2D eigenvalue weighted by molar-refractivity contribution is -0.123. The van der Waals surface area contributed by atoms with Crippen LogP contribution in [-0.4, -0.2) is 28.6 Å². The second-order valence-electron chi connectivity index (χ2n) is 3.43. The molecule has 0 unspecified atom stereocenters. The average molecular weight is 243 g/mol. The zero-order valence-corrected chi connectivity index (χ0v) is 8.51. The molecule has 0 radical (unpaired) electrons. The lowest BCUT2D eigenvalue weighted by atomic mass is 10.2. The molecule has 0 spiro atoms. The Labute approximate surface area is 93.8 Å². The minimum absolute atomic E-state index is 0.158. The molecule has 0 aliphatic carbocycles. The van der Waals surface area contributed by atoms with Crippen molar-refractivity contribution in [3.63, 3.8) is 0 Å². The second kappa shape index (κ2) is 4.08. The number of hydrogen-bond donors (Lipinski definition) is 2. The quantitative estimate of drug-likeness (QED) is 0.845. The van der Waals surface area contributed by atoms with E-state index in [-0.39, 0.29) is 5.56 Å². The van der Waals surface area contributed by atoms with Gasteiger partial charge in [0, 0.05) is 5.56 Å². The summed E-state index contributed by atoms with van der Waals surface area (Å²) >= 11 is 0. The van der Waals surface area contributed by atoms with Crippen LogP contribution in [0.2, 0.25) is 0 Å². The van der Waals surface area contributed by atoms with Crippen LogP contribution in [0.1, 0.15) is 10.4 Å². The Morgan fingerprint density at radius 3 is 2.88 bits per heavy atom. The molecular formula is C10H8F3N3O. The van der Waals surface area contributed by atoms with Gasteiger partial charge in [0.25, 0.3) is 5.91 Å². The van der Waals surface area contributed by atoms with Crippen molar-refractivity contribution in [3.05, 3.63) is 30.1 Å². The highest BCUT2D eigenvalue weighted by Gasteiger charge is 2.27. The van der Waals surface area contributed by atoms with Crippen LogP contribution >= 0.6 is 0 Å². The molecule has 1 aromatic carbocycles. The number of fused-ring (bicyclic) bond motifs is 1. The number of aromatic amines is 1. The number of nitrogens with zero attached hydrogens (tertiary/aromatic N) is 1. The fourth-order valence-electron chi connectivity index (χ4n) is 1.36. The Morgan fingerprint density at radius 2 is 2.18 bits per heavy atom. The summed E-state index contributed by atoms with van der Waals surface area (Å²) in [7, 11) is 0. The summed E-state index contributed by atoms with van der Waals surface area (Å²) in [4.78, 5) is 18.1. The van der Waals surface area contributed by atoms with Crippen LogP contribution in [0.25, 0.3) is 11.0 Å². The van der Waals surface area contributed by atoms with Crippen LogP contribution in [-0.2, 0) is 0 Å². The number of halogens is 3. The molecule has 7 heteroatoms. The van der Waals surface area contributed by atoms with Gasteiger partial charge in [-0.1, -0.05) is 0 Å². The third-order valence-corrected chi connectivity index (χ3v) is 2.13. The van der Waals surface area contributed by atoms with E-state index in [0.29, 0.717) is 11.0 Å². The third-order valence-electron chi connectivity index (χ3n) is 2.13. The van der Waals surface area contributed by atoms with Gasteiger partial charge < -0.3 is 10.3 Å². The molecule has 17 heavy (non-hydrogen) atoms. The number of carbonyl (C=O) groups is 1. The molecule has 0 aliphatic rings. The van der Waals surface area contributed by atoms with Crippen molar-refractivity contribution in [2.75, 3.05) is 6.54 Å². The minimum Gasteiger partial charge on any atom is -0.345 e. The summed E-state index contributed by atoms with van der Waals surface area (Å²) < 4.78 is 35.7. The van der Waals surface area contributed by atoms with Crippen LogP contribution < -0.4 is 5.32 Å². The van der Waals surface area contributed by atoms with Gasteiger partial charge in [-0.15, -0.1) is 0 Å². The van der Waals surface area contributed by atoms with Crippen molar-refractivity contribution in [1.29, 1.82) is 0 Å². The zero-order chi connectivity index (χ0) is 12.5. The van der Waals surface area contributed by atoms with E-state index in [9.17, 15) is 18.0 Å². The van der Waals surface area contributed by atoms with Crippen LogP contribution in [0.4, 0.5) is 13.2 Å². The van der Waals surface area contributed by atoms with Gasteiger partial charge in [-0.3, -0.25) is 4.79 Å². The van der Waals surface area contributed by atoms with E-state index in [1.807, 2.05) is 0 Å². The number of H-pyrrole nitrogens is 1. The summed E-state index contributed by atoms with van der Waals surface area (Å²) in [6.45, 7) is -1.34. The van der Waals surface area contributed by atoms with Gasteiger partial charge in [0.15, 0.2) is 0 Å². The van der Waals surface area contributed by atoms with Gasteiger partial charge in [0.05, 0.1) is 17.4 Å². The van der Waals surface area contributed by atoms with Gasteiger partial charge in [-0.05, 0) is 18.2 Å². The first-order valence-electron chi connectivity index (χ1n) is 4.74. The van der Waals surface area contributed by atoms with Crippen molar-refractivity contribution in [1.82, 2.24) is 15.3 Å². The standard InChI is InChI=1S/C10H8F3N3O/c11-10(12,13)4-14-9(17)6-1-2-7-8(3-6)16-5-15-7/h1-3,5H,4H2,(H,14,17)(H,15,16). The van der Waals surface area contributed by atoms with Gasteiger partial charge in [-0.25, -0.2) is 4.98 Å². The molecule has 1 amide bonds. The molecule has 0 atom stereocenters. The van der Waals surface area contributed by atoms with Gasteiger partial charge >= 0.3 is 6.18 Å². The van der Waals surface area contributed by atoms with E-state index in [2.05, 4.69) is 9.97 Å². The highest BCUT2D eigenvalue weighted by molar-refractivity contribution is 5.97. The molecule has 0 saturated heterocycles. The maximum absolute atomic E-state index is 11.9. The number of imidazole rings is 1. The number of alkyl halides is 3. The van der Waals surface area contributed by atoms with E-state index in [1.165, 1.54) is 18.5 Å². The van der Waals surface area contributed by atoms with Gasteiger partial charge in [0.1, 0.15) is 6.54 Å². The van der Waals surface area contributed by atoms with Crippen LogP contribution in [0.15, 0.2) is 24.5 Å². The van der Waals surface area contributed by atoms with Crippen molar-refractivity contribution in [2.45, 2.75) is 6.18 Å². The summed E-state index contributed by atoms with van der Waals surface area (Å²) in [5.41, 5.74) is 1.41. The maximum atomic E-state index is 11.9. The zero-order valence-electron chi connectivity index (χ0n) is 8.51. The number of hydrogen-bond acceptors (Lipinski definition) is 2. The number of carbonyl (C=O) groups excluding carboxylic acids is 1. The average Bonchev–Trinajstić information content (AvgIpc) is 2.71. The summed E-state index contributed by atoms with van der Waals surface area (Å²) in [6, 6.07) is 4.44. The Hall–Kier alpha value is -2.05. The fourth-order valence-corrected chi connectivity index (χ4v) is 1.36. The fraction of sp³-hybridized carbons (Fsp3) is 0.200. The Bertz CT molecular complexity index is 547. The molecule has 2 aromatic rings. The van der Waals surface area contributed by atoms with Crippen LogP contribution in [0.3, 0.4) is 0 Å². The molecule has 2 N–H and O–H groups in total. The Kier molecular flexibility index (Phi) is 2.74. The monoisotopic (exact) mass is 243 g/mol. The molecule has 2 rings (SSSR count). The first-order valence-corrected chi connectivity index (χ1v) is 4.74. The number of amides is 1. The van der Waals surface area contributed by atoms with E-state index >= 15 is 0 Å². The third kappa shape index (κ3) is 2.74. The lowest BCUT2D eigenvalue weighted by Gasteiger charge is -2.08. The molecule has 0 saturated carbocycles. The highest BCUT2D eigenvalue weighted by Crippen LogP contribution is 2.14. The molecular weight excluding hydrogens is 235 g/mol. The van der Waals surface area contributed by atoms with E-state index < -0.39 is 18.6 Å². The first kappa shape index (κ1) is 11.4. The molecule has 0 fully saturated rings. The Morgan fingerprint density at radius 1 is 1.41 bits per heavy atom. The van der Waals surface area contributed by atoms with Crippen molar-refractivity contribution >= 4 is 16.9 Å². The van der Waals surface area contributed by atoms with Crippen molar-refractivity contribution in [2.24, 2.45) is 0 Å². The summed E-state index contributed by atoms with van der Waals surface area (Å²) in [6.07, 6.45) is -2.96. The van der Waals surface area contributed by atoms with E-state index in [1.54, 1.807) is 11.4 Å². The van der Waals surface area contributed by atoms with Gasteiger partial charge in [-0.2, -0.15) is 13.2 Å². The molecule has 4 nitrogen and oxygen atoms in total. The first-order chi connectivity index (χ1) is 7.96. The topological polar surface area (TPSA) is 57.8 Å². The minimum atomic E-state index is -4.41. The molecule has 90 valence electrons. The molecule has 1 heterocycles. The normalized spacial score (nSPS) is 11.7. The van der Waals surface area contributed by atoms with E-state index in [4.69, 9.17) is 0 Å². The Balaban J connectivity index is 2.13. The van der Waals surface area contributed by atoms with E-state index in [0.717, 1.165) is 0 Å². The van der Waals surface area contributed by atoms with Crippen LogP contribution in [0.5, 0.6) is 0 Å². The second-order valence-corrected chi connectivity index (χ2v) is 3.43. The number of aromatic nitrogens is 2. The van der Waals surface area contributed by atoms with Crippen molar-refractivity contribution < 1.29 is 18.0 Å². The predicted octanol–water partition coefficient (Wildman–Crippen LogP) is 1.85. The molecule has 0 bridgehead atoms. The van der Waals surface area contributed by atoms with Gasteiger partial charge in [0.2, 0.25) is 0 Å². The SMILES string of the molecule is O=C(NCC(F)(F)F)c1ccc2nc[nH]c2c1. The smallest absolute Gasteiger partial charge is 0.345 e. The maximum Gasteiger partial charge on any atom is 0.405 e. The summed E-state index contributed by atoms with van der Waals surface area (Å²) in [5, 5.41) is 1.80. The highest BCUT2D eigenvalue weighted by atomic mass is 19.4. The summed E-state index contributed by atoms with van der Waals surface area (Å²) in [5.74, 6) is -0.765. The number of nitrogens with one attached hydrogen (secondary N) is 2. The number of rotatable bonds is 2. The largest absolute Gasteiger partial charge is 0.405 e. The molecule has 1 aromatic heterocycles. The lowest BCUT2D eigenvalue weighted by Crippen LogP contribution is -2.33. The predicted molar refractivity (Wildman–Crippen MR) is 54.5 cm³/mol. The number of benzene rings is 1. The van der Waals surface area contributed by atoms with Crippen molar-refractivity contribution in [3.8, 4) is 0 Å². The molecule has 0 aliphatic heterocycles.